The quantitative estimate of drug-likeness (QED) is 0.808. The van der Waals surface area contributed by atoms with Gasteiger partial charge in [-0.15, -0.1) is 0 Å². The summed E-state index contributed by atoms with van der Waals surface area (Å²) in [5.41, 5.74) is -0.267. The van der Waals surface area contributed by atoms with Gasteiger partial charge in [0.05, 0.1) is 11.0 Å². The molecule has 4 nitrogen and oxygen atoms in total. The highest BCUT2D eigenvalue weighted by Crippen LogP contribution is 2.43. The van der Waals surface area contributed by atoms with Crippen LogP contribution in [0.4, 0.5) is 0 Å². The molecule has 1 amide bonds. The van der Waals surface area contributed by atoms with Gasteiger partial charge >= 0.3 is 0 Å². The molecule has 1 atom stereocenters. The zero-order valence-electron chi connectivity index (χ0n) is 12.9. The predicted octanol–water partition coefficient (Wildman–Crippen LogP) is 2.01. The van der Waals surface area contributed by atoms with Crippen molar-refractivity contribution in [3.63, 3.8) is 0 Å². The van der Waals surface area contributed by atoms with E-state index in [1.165, 1.54) is 0 Å². The number of carbonyl (C=O) groups excluding carboxylic acids is 1. The Morgan fingerprint density at radius 3 is 2.57 bits per heavy atom. The second-order valence-electron chi connectivity index (χ2n) is 6.22. The Labute approximate surface area is 126 Å². The Morgan fingerprint density at radius 2 is 2.05 bits per heavy atom. The number of carbonyl (C=O) groups is 1. The van der Waals surface area contributed by atoms with Crippen LogP contribution in [0.25, 0.3) is 0 Å². The van der Waals surface area contributed by atoms with Crippen LogP contribution in [0.2, 0.25) is 0 Å². The van der Waals surface area contributed by atoms with Crippen LogP contribution in [0.15, 0.2) is 30.3 Å². The Hall–Kier alpha value is -1.39. The summed E-state index contributed by atoms with van der Waals surface area (Å²) in [4.78, 5) is 12.6. The Balaban J connectivity index is 1.99. The third-order valence-corrected chi connectivity index (χ3v) is 4.44. The number of aliphatic hydroxyl groups is 1. The number of hydrogen-bond acceptors (Lipinski definition) is 3. The van der Waals surface area contributed by atoms with E-state index in [-0.39, 0.29) is 12.5 Å². The van der Waals surface area contributed by atoms with Gasteiger partial charge in [0.2, 0.25) is 5.91 Å². The van der Waals surface area contributed by atoms with Crippen LogP contribution in [0.5, 0.6) is 0 Å². The lowest BCUT2D eigenvalue weighted by Gasteiger charge is -2.41. The van der Waals surface area contributed by atoms with Gasteiger partial charge < -0.3 is 15.2 Å². The molecule has 0 bridgehead atoms. The fraction of sp³-hybridized carbons (Fsp3) is 0.588. The van der Waals surface area contributed by atoms with E-state index in [0.717, 1.165) is 24.8 Å². The highest BCUT2D eigenvalue weighted by Gasteiger charge is 2.45. The number of ether oxygens (including phenoxy) is 1. The van der Waals surface area contributed by atoms with Crippen molar-refractivity contribution in [2.24, 2.45) is 0 Å². The predicted molar refractivity (Wildman–Crippen MR) is 82.1 cm³/mol. The second kappa shape index (κ2) is 6.58. The summed E-state index contributed by atoms with van der Waals surface area (Å²) in [6, 6.07) is 9.93. The third kappa shape index (κ3) is 3.63. The fourth-order valence-corrected chi connectivity index (χ4v) is 2.78. The molecule has 0 aliphatic heterocycles. The Bertz CT molecular complexity index is 466. The number of methoxy groups -OCH3 is 1. The van der Waals surface area contributed by atoms with Crippen molar-refractivity contribution in [2.75, 3.05) is 20.3 Å². The van der Waals surface area contributed by atoms with E-state index in [1.807, 2.05) is 30.3 Å². The molecule has 1 aromatic rings. The lowest BCUT2D eigenvalue weighted by atomic mass is 9.64. The van der Waals surface area contributed by atoms with Crippen LogP contribution >= 0.6 is 0 Å². The van der Waals surface area contributed by atoms with E-state index in [4.69, 9.17) is 4.74 Å². The van der Waals surface area contributed by atoms with Crippen LogP contribution in [0, 0.1) is 0 Å². The molecule has 2 rings (SSSR count). The lowest BCUT2D eigenvalue weighted by Crippen LogP contribution is -2.52. The zero-order valence-corrected chi connectivity index (χ0v) is 12.9. The van der Waals surface area contributed by atoms with Gasteiger partial charge in [0.15, 0.2) is 0 Å². The molecule has 116 valence electrons. The monoisotopic (exact) mass is 291 g/mol. The molecule has 1 unspecified atom stereocenters. The largest absolute Gasteiger partial charge is 0.388 e. The molecule has 0 aromatic heterocycles. The first-order valence-electron chi connectivity index (χ1n) is 7.55. The topological polar surface area (TPSA) is 58.6 Å². The Morgan fingerprint density at radius 1 is 1.38 bits per heavy atom. The van der Waals surface area contributed by atoms with Gasteiger partial charge in [-0.1, -0.05) is 36.8 Å². The van der Waals surface area contributed by atoms with Gasteiger partial charge in [0, 0.05) is 26.7 Å². The number of benzene rings is 1. The molecule has 0 heterocycles. The number of amides is 1. The summed E-state index contributed by atoms with van der Waals surface area (Å²) < 4.78 is 4.98. The molecule has 2 N–H and O–H groups in total. The maximum Gasteiger partial charge on any atom is 0.230 e. The molecule has 0 saturated heterocycles. The standard InChI is InChI=1S/C17H25NO3/c1-16(20,11-12-21-2)13-18-15(19)17(9-6-10-17)14-7-4-3-5-8-14/h3-5,7-8,20H,6,9-13H2,1-2H3,(H,18,19). The van der Waals surface area contributed by atoms with Crippen molar-refractivity contribution in [2.45, 2.75) is 43.6 Å². The molecule has 1 aliphatic rings. The molecular formula is C17H25NO3. The first-order chi connectivity index (χ1) is 10.0. The highest BCUT2D eigenvalue weighted by molar-refractivity contribution is 5.89. The SMILES string of the molecule is COCCC(C)(O)CNC(=O)C1(c2ccccc2)CCC1. The van der Waals surface area contributed by atoms with Crippen molar-refractivity contribution in [3.8, 4) is 0 Å². The van der Waals surface area contributed by atoms with E-state index in [2.05, 4.69) is 5.32 Å². The van der Waals surface area contributed by atoms with Crippen molar-refractivity contribution in [1.29, 1.82) is 0 Å². The normalized spacial score (nSPS) is 19.4. The summed E-state index contributed by atoms with van der Waals surface area (Å²) >= 11 is 0. The van der Waals surface area contributed by atoms with E-state index < -0.39 is 11.0 Å². The van der Waals surface area contributed by atoms with Gasteiger partial charge in [-0.05, 0) is 25.3 Å². The van der Waals surface area contributed by atoms with Crippen LogP contribution in [-0.4, -0.2) is 36.9 Å². The minimum absolute atomic E-state index is 0.0256. The van der Waals surface area contributed by atoms with Crippen molar-refractivity contribution < 1.29 is 14.6 Å². The summed E-state index contributed by atoms with van der Waals surface area (Å²) in [5, 5.41) is 13.2. The third-order valence-electron chi connectivity index (χ3n) is 4.44. The molecule has 1 aliphatic carbocycles. The van der Waals surface area contributed by atoms with Crippen molar-refractivity contribution >= 4 is 5.91 Å². The second-order valence-corrected chi connectivity index (χ2v) is 6.22. The minimum Gasteiger partial charge on any atom is -0.388 e. The molecule has 1 fully saturated rings. The lowest BCUT2D eigenvalue weighted by molar-refractivity contribution is -0.131. The number of hydrogen-bond donors (Lipinski definition) is 2. The Kier molecular flexibility index (Phi) is 5.01. The van der Waals surface area contributed by atoms with E-state index in [0.29, 0.717) is 13.0 Å². The average molecular weight is 291 g/mol. The molecule has 0 radical (unpaired) electrons. The maximum absolute atomic E-state index is 12.6. The summed E-state index contributed by atoms with van der Waals surface area (Å²) in [7, 11) is 1.60. The number of nitrogens with one attached hydrogen (secondary N) is 1. The van der Waals surface area contributed by atoms with Crippen molar-refractivity contribution in [1.82, 2.24) is 5.32 Å². The van der Waals surface area contributed by atoms with Gasteiger partial charge in [-0.25, -0.2) is 0 Å². The molecule has 1 saturated carbocycles. The smallest absolute Gasteiger partial charge is 0.230 e. The van der Waals surface area contributed by atoms with Crippen molar-refractivity contribution in [3.05, 3.63) is 35.9 Å². The summed E-state index contributed by atoms with van der Waals surface area (Å²) in [6.45, 7) is 2.46. The van der Waals surface area contributed by atoms with Gasteiger partial charge in [0.1, 0.15) is 0 Å². The van der Waals surface area contributed by atoms with Crippen LogP contribution in [-0.2, 0) is 14.9 Å². The summed E-state index contributed by atoms with van der Waals surface area (Å²) in [5.74, 6) is 0.0256. The van der Waals surface area contributed by atoms with Gasteiger partial charge in [-0.3, -0.25) is 4.79 Å². The summed E-state index contributed by atoms with van der Waals surface area (Å²) in [6.07, 6.45) is 3.33. The van der Waals surface area contributed by atoms with Crippen LogP contribution in [0.1, 0.15) is 38.2 Å². The minimum atomic E-state index is -0.937. The zero-order chi connectivity index (χ0) is 15.3. The first kappa shape index (κ1) is 16.0. The number of rotatable bonds is 7. The first-order valence-corrected chi connectivity index (χ1v) is 7.55. The molecular weight excluding hydrogens is 266 g/mol. The van der Waals surface area contributed by atoms with E-state index in [1.54, 1.807) is 14.0 Å². The molecule has 4 heteroatoms. The van der Waals surface area contributed by atoms with Gasteiger partial charge in [-0.2, -0.15) is 0 Å². The average Bonchev–Trinajstić information content (AvgIpc) is 2.43. The molecule has 1 aromatic carbocycles. The fourth-order valence-electron chi connectivity index (χ4n) is 2.78. The van der Waals surface area contributed by atoms with E-state index >= 15 is 0 Å². The maximum atomic E-state index is 12.6. The van der Waals surface area contributed by atoms with E-state index in [9.17, 15) is 9.90 Å². The van der Waals surface area contributed by atoms with Crippen LogP contribution in [0.3, 0.4) is 0 Å². The molecule has 21 heavy (non-hydrogen) atoms. The van der Waals surface area contributed by atoms with Crippen LogP contribution < -0.4 is 5.32 Å². The highest BCUT2D eigenvalue weighted by atomic mass is 16.5. The van der Waals surface area contributed by atoms with Gasteiger partial charge in [0.25, 0.3) is 0 Å². The molecule has 0 spiro atoms.